The number of alkyl carbamates (subject to hydrolysis) is 1. The minimum absolute atomic E-state index is 0.0828. The molecule has 1 aromatic carbocycles. The lowest BCUT2D eigenvalue weighted by atomic mass is 9.92. The van der Waals surface area contributed by atoms with Crippen LogP contribution in [0.4, 0.5) is 29.3 Å². The Hall–Kier alpha value is -4.05. The van der Waals surface area contributed by atoms with E-state index in [0.717, 1.165) is 24.3 Å². The Bertz CT molecular complexity index is 1730. The summed E-state index contributed by atoms with van der Waals surface area (Å²) in [6.45, 7) is 18.1. The van der Waals surface area contributed by atoms with Gasteiger partial charge < -0.3 is 34.9 Å². The quantitative estimate of drug-likeness (QED) is 0.179. The summed E-state index contributed by atoms with van der Waals surface area (Å²) in [4.78, 5) is 36.7. The number of aliphatic hydroxyl groups is 2. The van der Waals surface area contributed by atoms with E-state index in [1.165, 1.54) is 6.20 Å². The molecule has 2 amide bonds. The molecule has 51 heavy (non-hydrogen) atoms. The Morgan fingerprint density at radius 2 is 1.69 bits per heavy atom. The van der Waals surface area contributed by atoms with Crippen molar-refractivity contribution in [2.45, 2.75) is 90.4 Å². The molecule has 4 atom stereocenters. The molecule has 0 aliphatic carbocycles. The predicted octanol–water partition coefficient (Wildman–Crippen LogP) is 6.58. The van der Waals surface area contributed by atoms with E-state index in [9.17, 15) is 19.1 Å². The molecule has 278 valence electrons. The molecule has 4 N–H and O–H groups in total. The van der Waals surface area contributed by atoms with Gasteiger partial charge in [0.25, 0.3) is 5.91 Å². The van der Waals surface area contributed by atoms with Gasteiger partial charge >= 0.3 is 6.09 Å². The number of hydrogen-bond donors (Lipinski definition) is 4. The standard InChI is InChI=1S/C36H48F3N5O6Si/c1-20-17-44(18-27(43-34(48)49-35(2,3)4)32(20)50-51(8,9)36(5,6)7)28-12-13-40-16-26(28)42-33(47)25-11-10-22(37)31(41-25)30-23(38)14-21(15-24(30)39)29(46)19-45/h10-16,20,27,29,32,45-46H,17-19H2,1-9H3,(H,42,47)(H,43,48)/t20-,27+,29+,32+/m0/s1. The predicted molar refractivity (Wildman–Crippen MR) is 190 cm³/mol. The first kappa shape index (κ1) is 39.7. The van der Waals surface area contributed by atoms with E-state index < -0.39 is 73.4 Å². The molecule has 1 aliphatic rings. The number of aromatic nitrogens is 2. The number of aliphatic hydroxyl groups excluding tert-OH is 2. The number of ether oxygens (including phenoxy) is 1. The maximum atomic E-state index is 15.0. The summed E-state index contributed by atoms with van der Waals surface area (Å²) in [6, 6.07) is 4.70. The average molecular weight is 732 g/mol. The summed E-state index contributed by atoms with van der Waals surface area (Å²) in [6.07, 6.45) is 0.522. The summed E-state index contributed by atoms with van der Waals surface area (Å²) < 4.78 is 57.4. The van der Waals surface area contributed by atoms with Crippen molar-refractivity contribution in [1.29, 1.82) is 0 Å². The van der Waals surface area contributed by atoms with Crippen LogP contribution < -0.4 is 15.5 Å². The highest BCUT2D eigenvalue weighted by Crippen LogP contribution is 2.40. The van der Waals surface area contributed by atoms with Gasteiger partial charge in [0.15, 0.2) is 8.32 Å². The Morgan fingerprint density at radius 1 is 1.04 bits per heavy atom. The Morgan fingerprint density at radius 3 is 2.27 bits per heavy atom. The number of pyridine rings is 2. The zero-order chi connectivity index (χ0) is 38.1. The van der Waals surface area contributed by atoms with Gasteiger partial charge in [-0.15, -0.1) is 0 Å². The smallest absolute Gasteiger partial charge is 0.408 e. The van der Waals surface area contributed by atoms with Crippen LogP contribution in [0, 0.1) is 23.4 Å². The zero-order valence-electron chi connectivity index (χ0n) is 30.5. The van der Waals surface area contributed by atoms with Crippen molar-refractivity contribution in [1.82, 2.24) is 15.3 Å². The highest BCUT2D eigenvalue weighted by molar-refractivity contribution is 6.74. The van der Waals surface area contributed by atoms with E-state index in [0.29, 0.717) is 18.8 Å². The summed E-state index contributed by atoms with van der Waals surface area (Å²) in [5.74, 6) is -4.44. The lowest BCUT2D eigenvalue weighted by molar-refractivity contribution is 0.0336. The third-order valence-electron chi connectivity index (χ3n) is 9.15. The second-order valence-corrected chi connectivity index (χ2v) is 20.2. The minimum Gasteiger partial charge on any atom is -0.444 e. The van der Waals surface area contributed by atoms with Crippen molar-refractivity contribution < 1.29 is 42.1 Å². The SMILES string of the molecule is C[C@H]1CN(c2ccncc2NC(=O)c2ccc(F)c(-c3c(F)cc([C@H](O)CO)cc3F)n2)C[C@@H](NC(=O)OC(C)(C)C)[C@@H]1O[Si](C)(C)C(C)(C)C. The molecule has 0 spiro atoms. The molecule has 3 heterocycles. The number of nitrogens with one attached hydrogen (secondary N) is 2. The molecule has 1 saturated heterocycles. The molecule has 15 heteroatoms. The van der Waals surface area contributed by atoms with Crippen molar-refractivity contribution in [3.05, 3.63) is 71.4 Å². The van der Waals surface area contributed by atoms with Crippen LogP contribution in [0.25, 0.3) is 11.3 Å². The number of carbonyl (C=O) groups is 2. The van der Waals surface area contributed by atoms with Crippen molar-refractivity contribution >= 4 is 31.7 Å². The topological polar surface area (TPSA) is 146 Å². The lowest BCUT2D eigenvalue weighted by Crippen LogP contribution is -2.63. The minimum atomic E-state index is -2.28. The van der Waals surface area contributed by atoms with Crippen molar-refractivity contribution in [2.24, 2.45) is 5.92 Å². The Balaban J connectivity index is 1.64. The molecule has 4 rings (SSSR count). The number of rotatable bonds is 9. The summed E-state index contributed by atoms with van der Waals surface area (Å²) in [5.41, 5.74) is -2.03. The highest BCUT2D eigenvalue weighted by atomic mass is 28.4. The number of carbonyl (C=O) groups excluding carboxylic acids is 2. The van der Waals surface area contributed by atoms with Gasteiger partial charge in [0.1, 0.15) is 40.5 Å². The maximum absolute atomic E-state index is 15.0. The molecule has 0 saturated carbocycles. The van der Waals surface area contributed by atoms with Crippen molar-refractivity contribution in [3.8, 4) is 11.3 Å². The molecule has 0 unspecified atom stereocenters. The molecule has 0 bridgehead atoms. The number of piperidine rings is 1. The maximum Gasteiger partial charge on any atom is 0.408 e. The van der Waals surface area contributed by atoms with Crippen molar-refractivity contribution in [3.63, 3.8) is 0 Å². The highest BCUT2D eigenvalue weighted by Gasteiger charge is 2.45. The number of benzene rings is 1. The molecule has 3 aromatic rings. The van der Waals surface area contributed by atoms with Crippen LogP contribution in [0.3, 0.4) is 0 Å². The van der Waals surface area contributed by atoms with Gasteiger partial charge in [0.05, 0.1) is 41.9 Å². The van der Waals surface area contributed by atoms with E-state index in [1.54, 1.807) is 33.0 Å². The van der Waals surface area contributed by atoms with E-state index in [1.807, 2.05) is 11.8 Å². The first-order valence-corrected chi connectivity index (χ1v) is 19.6. The number of amides is 2. The van der Waals surface area contributed by atoms with E-state index >= 15 is 8.78 Å². The van der Waals surface area contributed by atoms with Crippen LogP contribution >= 0.6 is 0 Å². The van der Waals surface area contributed by atoms with Crippen LogP contribution in [-0.2, 0) is 9.16 Å². The zero-order valence-corrected chi connectivity index (χ0v) is 31.5. The van der Waals surface area contributed by atoms with Gasteiger partial charge in [0, 0.05) is 25.2 Å². The van der Waals surface area contributed by atoms with Crippen LogP contribution in [-0.4, -0.2) is 77.9 Å². The average Bonchev–Trinajstić information content (AvgIpc) is 3.01. The molecule has 1 aliphatic heterocycles. The summed E-state index contributed by atoms with van der Waals surface area (Å²) >= 11 is 0. The Kier molecular flexibility index (Phi) is 11.9. The number of hydrogen-bond acceptors (Lipinski definition) is 9. The second kappa shape index (κ2) is 15.3. The second-order valence-electron chi connectivity index (χ2n) is 15.4. The number of halogens is 3. The van der Waals surface area contributed by atoms with Crippen LogP contribution in [0.15, 0.2) is 42.7 Å². The van der Waals surface area contributed by atoms with Gasteiger partial charge in [-0.2, -0.15) is 0 Å². The van der Waals surface area contributed by atoms with Gasteiger partial charge in [-0.3, -0.25) is 9.78 Å². The van der Waals surface area contributed by atoms with Crippen LogP contribution in [0.1, 0.15) is 70.6 Å². The van der Waals surface area contributed by atoms with Gasteiger partial charge in [-0.25, -0.2) is 22.9 Å². The lowest BCUT2D eigenvalue weighted by Gasteiger charge is -2.48. The Labute approximate surface area is 297 Å². The number of nitrogens with zero attached hydrogens (tertiary/aromatic N) is 3. The van der Waals surface area contributed by atoms with E-state index in [-0.39, 0.29) is 34.0 Å². The molecule has 1 fully saturated rings. The molecule has 11 nitrogen and oxygen atoms in total. The van der Waals surface area contributed by atoms with Gasteiger partial charge in [-0.1, -0.05) is 27.7 Å². The molecule has 2 aromatic heterocycles. The summed E-state index contributed by atoms with van der Waals surface area (Å²) in [5, 5.41) is 24.6. The van der Waals surface area contributed by atoms with Crippen LogP contribution in [0.2, 0.25) is 18.1 Å². The van der Waals surface area contributed by atoms with Gasteiger partial charge in [-0.05, 0) is 74.8 Å². The summed E-state index contributed by atoms with van der Waals surface area (Å²) in [7, 11) is -2.28. The van der Waals surface area contributed by atoms with E-state index in [2.05, 4.69) is 54.5 Å². The first-order chi connectivity index (χ1) is 23.6. The molecule has 0 radical (unpaired) electrons. The number of anilines is 2. The third-order valence-corrected chi connectivity index (χ3v) is 13.6. The van der Waals surface area contributed by atoms with Crippen molar-refractivity contribution in [2.75, 3.05) is 29.9 Å². The molecular formula is C36H48F3N5O6Si. The largest absolute Gasteiger partial charge is 0.444 e. The fraction of sp³-hybridized carbons (Fsp3) is 0.500. The molecular weight excluding hydrogens is 684 g/mol. The fourth-order valence-corrected chi connectivity index (χ4v) is 7.00. The third kappa shape index (κ3) is 9.44. The van der Waals surface area contributed by atoms with Gasteiger partial charge in [0.2, 0.25) is 0 Å². The fourth-order valence-electron chi connectivity index (χ4n) is 5.57. The first-order valence-electron chi connectivity index (χ1n) is 16.7. The monoisotopic (exact) mass is 731 g/mol. The van der Waals surface area contributed by atoms with E-state index in [4.69, 9.17) is 14.3 Å². The normalized spacial score (nSPS) is 19.0. The van der Waals surface area contributed by atoms with Crippen LogP contribution in [0.5, 0.6) is 0 Å².